The number of benzene rings is 1. The number of hydrogen-bond acceptors (Lipinski definition) is 4. The van der Waals surface area contributed by atoms with Gasteiger partial charge in [0.25, 0.3) is 5.69 Å². The predicted molar refractivity (Wildman–Crippen MR) is 70.9 cm³/mol. The summed E-state index contributed by atoms with van der Waals surface area (Å²) in [4.78, 5) is 10.4. The van der Waals surface area contributed by atoms with E-state index in [-0.39, 0.29) is 5.69 Å². The first-order valence-corrected chi connectivity index (χ1v) is 6.20. The number of nitrogens with zero attached hydrogens (tertiary/aromatic N) is 1. The molecular weight excluding hydrogens is 232 g/mol. The Morgan fingerprint density at radius 2 is 2.11 bits per heavy atom. The first-order chi connectivity index (χ1) is 8.67. The average molecular weight is 252 g/mol. The van der Waals surface area contributed by atoms with E-state index in [9.17, 15) is 10.1 Å². The molecule has 0 bridgehead atoms. The molecule has 18 heavy (non-hydrogen) atoms. The molecule has 0 radical (unpaired) electrons. The van der Waals surface area contributed by atoms with Crippen LogP contribution in [-0.4, -0.2) is 18.6 Å². The summed E-state index contributed by atoms with van der Waals surface area (Å²) in [5.74, 6) is 0.523. The van der Waals surface area contributed by atoms with Gasteiger partial charge in [-0.05, 0) is 24.6 Å². The van der Waals surface area contributed by atoms with Crippen molar-refractivity contribution in [2.24, 2.45) is 0 Å². The molecule has 0 fully saturated rings. The van der Waals surface area contributed by atoms with Crippen LogP contribution < -0.4 is 10.1 Å². The quantitative estimate of drug-likeness (QED) is 0.439. The van der Waals surface area contributed by atoms with Crippen molar-refractivity contribution in [2.75, 3.05) is 13.7 Å². The van der Waals surface area contributed by atoms with Crippen LogP contribution in [0.4, 0.5) is 5.69 Å². The second-order valence-corrected chi connectivity index (χ2v) is 4.18. The molecule has 0 saturated carbocycles. The summed E-state index contributed by atoms with van der Waals surface area (Å²) < 4.78 is 5.06. The maximum atomic E-state index is 10.8. The highest BCUT2D eigenvalue weighted by molar-refractivity contribution is 5.42. The normalized spacial score (nSPS) is 10.3. The third-order valence-corrected chi connectivity index (χ3v) is 2.68. The van der Waals surface area contributed by atoms with Crippen molar-refractivity contribution in [3.63, 3.8) is 0 Å². The van der Waals surface area contributed by atoms with Gasteiger partial charge in [-0.15, -0.1) is 0 Å². The molecule has 5 heteroatoms. The lowest BCUT2D eigenvalue weighted by Gasteiger charge is -2.06. The summed E-state index contributed by atoms with van der Waals surface area (Å²) >= 11 is 0. The summed E-state index contributed by atoms with van der Waals surface area (Å²) in [6.45, 7) is 3.71. The second kappa shape index (κ2) is 7.66. The number of unbranched alkanes of at least 4 members (excludes halogenated alkanes) is 2. The van der Waals surface area contributed by atoms with Crippen molar-refractivity contribution in [2.45, 2.75) is 32.7 Å². The number of nitrogens with one attached hydrogen (secondary N) is 1. The number of ether oxygens (including phenoxy) is 1. The van der Waals surface area contributed by atoms with E-state index in [0.29, 0.717) is 12.3 Å². The molecule has 1 aromatic rings. The Balaban J connectivity index is 2.58. The Bertz CT molecular complexity index is 394. The summed E-state index contributed by atoms with van der Waals surface area (Å²) in [5.41, 5.74) is 0.942. The van der Waals surface area contributed by atoms with Crippen molar-refractivity contribution in [1.82, 2.24) is 5.32 Å². The van der Waals surface area contributed by atoms with Crippen molar-refractivity contribution in [1.29, 1.82) is 0 Å². The molecule has 0 aromatic heterocycles. The number of nitro benzene ring substituents is 1. The molecule has 1 N–H and O–H groups in total. The van der Waals surface area contributed by atoms with Gasteiger partial charge in [0.1, 0.15) is 5.75 Å². The summed E-state index contributed by atoms with van der Waals surface area (Å²) in [7, 11) is 1.51. The summed E-state index contributed by atoms with van der Waals surface area (Å²) in [6, 6.07) is 4.83. The van der Waals surface area contributed by atoms with Crippen LogP contribution in [0, 0.1) is 10.1 Å². The maximum Gasteiger partial charge on any atom is 0.273 e. The molecule has 0 spiro atoms. The summed E-state index contributed by atoms with van der Waals surface area (Å²) in [5, 5.41) is 14.0. The van der Waals surface area contributed by atoms with Crippen LogP contribution in [0.5, 0.6) is 5.75 Å². The Kier molecular flexibility index (Phi) is 6.14. The molecule has 0 aliphatic carbocycles. The van der Waals surface area contributed by atoms with Gasteiger partial charge in [0.05, 0.1) is 18.1 Å². The average Bonchev–Trinajstić information content (AvgIpc) is 2.38. The topological polar surface area (TPSA) is 64.4 Å². The molecule has 0 saturated heterocycles. The second-order valence-electron chi connectivity index (χ2n) is 4.18. The van der Waals surface area contributed by atoms with Crippen molar-refractivity contribution in [3.05, 3.63) is 33.9 Å². The number of nitro groups is 1. The molecule has 0 atom stereocenters. The summed E-state index contributed by atoms with van der Waals surface area (Å²) in [6.07, 6.45) is 3.51. The Morgan fingerprint density at radius 1 is 1.33 bits per heavy atom. The van der Waals surface area contributed by atoms with E-state index in [1.54, 1.807) is 6.07 Å². The van der Waals surface area contributed by atoms with Gasteiger partial charge < -0.3 is 10.1 Å². The van der Waals surface area contributed by atoms with Gasteiger partial charge in [0.15, 0.2) is 0 Å². The first-order valence-electron chi connectivity index (χ1n) is 6.20. The largest absolute Gasteiger partial charge is 0.496 e. The highest BCUT2D eigenvalue weighted by atomic mass is 16.6. The number of hydrogen-bond donors (Lipinski definition) is 1. The van der Waals surface area contributed by atoms with Crippen LogP contribution in [-0.2, 0) is 6.54 Å². The monoisotopic (exact) mass is 252 g/mol. The fourth-order valence-corrected chi connectivity index (χ4v) is 1.70. The van der Waals surface area contributed by atoms with E-state index in [1.807, 2.05) is 6.07 Å². The highest BCUT2D eigenvalue weighted by Gasteiger charge is 2.09. The van der Waals surface area contributed by atoms with E-state index in [4.69, 9.17) is 4.74 Å². The molecule has 5 nitrogen and oxygen atoms in total. The van der Waals surface area contributed by atoms with E-state index in [1.165, 1.54) is 26.0 Å². The SMILES string of the molecule is CCCCCNCc1cc(OC)cc([N+](=O)[O-])c1. The van der Waals surface area contributed by atoms with E-state index in [2.05, 4.69) is 12.2 Å². The Morgan fingerprint density at radius 3 is 2.72 bits per heavy atom. The van der Waals surface area contributed by atoms with Crippen molar-refractivity contribution >= 4 is 5.69 Å². The standard InChI is InChI=1S/C13H20N2O3/c1-3-4-5-6-14-10-11-7-12(15(16)17)9-13(8-11)18-2/h7-9,14H,3-6,10H2,1-2H3. The zero-order valence-corrected chi connectivity index (χ0v) is 10.9. The predicted octanol–water partition coefficient (Wildman–Crippen LogP) is 2.88. The molecule has 0 aliphatic rings. The molecule has 0 heterocycles. The molecule has 100 valence electrons. The molecule has 1 aromatic carbocycles. The minimum Gasteiger partial charge on any atom is -0.496 e. The van der Waals surface area contributed by atoms with Gasteiger partial charge in [0.2, 0.25) is 0 Å². The zero-order chi connectivity index (χ0) is 13.4. The van der Waals surface area contributed by atoms with Crippen LogP contribution in [0.3, 0.4) is 0 Å². The zero-order valence-electron chi connectivity index (χ0n) is 10.9. The lowest BCUT2D eigenvalue weighted by Crippen LogP contribution is -2.14. The lowest BCUT2D eigenvalue weighted by atomic mass is 10.2. The van der Waals surface area contributed by atoms with Gasteiger partial charge in [-0.3, -0.25) is 10.1 Å². The van der Waals surface area contributed by atoms with E-state index < -0.39 is 4.92 Å². The van der Waals surface area contributed by atoms with Crippen molar-refractivity contribution in [3.8, 4) is 5.75 Å². The van der Waals surface area contributed by atoms with Crippen LogP contribution >= 0.6 is 0 Å². The molecular formula is C13H20N2O3. The van der Waals surface area contributed by atoms with Gasteiger partial charge in [0, 0.05) is 12.6 Å². The first kappa shape index (κ1) is 14.4. The molecule has 0 aliphatic heterocycles. The van der Waals surface area contributed by atoms with Crippen LogP contribution in [0.25, 0.3) is 0 Å². The van der Waals surface area contributed by atoms with E-state index >= 15 is 0 Å². The Labute approximate surface area is 107 Å². The molecule has 0 amide bonds. The fraction of sp³-hybridized carbons (Fsp3) is 0.538. The van der Waals surface area contributed by atoms with Gasteiger partial charge >= 0.3 is 0 Å². The van der Waals surface area contributed by atoms with E-state index in [0.717, 1.165) is 18.5 Å². The third kappa shape index (κ3) is 4.71. The van der Waals surface area contributed by atoms with Crippen LogP contribution in [0.1, 0.15) is 31.7 Å². The molecule has 0 unspecified atom stereocenters. The maximum absolute atomic E-state index is 10.8. The number of non-ortho nitro benzene ring substituents is 1. The molecule has 1 rings (SSSR count). The fourth-order valence-electron chi connectivity index (χ4n) is 1.70. The Hall–Kier alpha value is -1.62. The number of methoxy groups -OCH3 is 1. The lowest BCUT2D eigenvalue weighted by molar-refractivity contribution is -0.385. The number of rotatable bonds is 8. The highest BCUT2D eigenvalue weighted by Crippen LogP contribution is 2.22. The van der Waals surface area contributed by atoms with Crippen LogP contribution in [0.15, 0.2) is 18.2 Å². The van der Waals surface area contributed by atoms with Gasteiger partial charge in [-0.1, -0.05) is 19.8 Å². The van der Waals surface area contributed by atoms with Crippen molar-refractivity contribution < 1.29 is 9.66 Å². The third-order valence-electron chi connectivity index (χ3n) is 2.68. The smallest absolute Gasteiger partial charge is 0.273 e. The van der Waals surface area contributed by atoms with Gasteiger partial charge in [-0.2, -0.15) is 0 Å². The van der Waals surface area contributed by atoms with Crippen LogP contribution in [0.2, 0.25) is 0 Å². The minimum atomic E-state index is -0.400. The van der Waals surface area contributed by atoms with Gasteiger partial charge in [-0.25, -0.2) is 0 Å². The minimum absolute atomic E-state index is 0.0692.